The zero-order valence-electron chi connectivity index (χ0n) is 17.1. The predicted octanol–water partition coefficient (Wildman–Crippen LogP) is 3.35. The molecule has 0 spiro atoms. The summed E-state index contributed by atoms with van der Waals surface area (Å²) in [5.41, 5.74) is 4.36. The van der Waals surface area contributed by atoms with E-state index in [2.05, 4.69) is 43.1 Å². The highest BCUT2D eigenvalue weighted by Gasteiger charge is 2.23. The summed E-state index contributed by atoms with van der Waals surface area (Å²) < 4.78 is 11.3. The van der Waals surface area contributed by atoms with Gasteiger partial charge in [0, 0.05) is 44.0 Å². The van der Waals surface area contributed by atoms with Gasteiger partial charge in [0.1, 0.15) is 12.1 Å². The van der Waals surface area contributed by atoms with Crippen LogP contribution in [0, 0.1) is 19.8 Å². The van der Waals surface area contributed by atoms with E-state index < -0.39 is 0 Å². The number of aryl methyl sites for hydroxylation is 2. The molecule has 7 nitrogen and oxygen atoms in total. The van der Waals surface area contributed by atoms with Crippen molar-refractivity contribution in [3.8, 4) is 5.88 Å². The molecule has 0 amide bonds. The van der Waals surface area contributed by atoms with Crippen LogP contribution in [0.15, 0.2) is 29.0 Å². The Morgan fingerprint density at radius 3 is 2.66 bits per heavy atom. The number of hydrogen-bond donors (Lipinski definition) is 0. The summed E-state index contributed by atoms with van der Waals surface area (Å²) in [5.74, 6) is 2.34. The number of fused-ring (bicyclic) bond motifs is 1. The van der Waals surface area contributed by atoms with Gasteiger partial charge >= 0.3 is 0 Å². The standard InChI is InChI=1S/C22H27N5O2/c1-15-20(16(2)29-25-15)12-26-7-9-27(10-8-26)18-5-6-21-19(11-18)22(24-14-23-21)28-13-17-3-4-17/h5-6,11,14,17H,3-4,7-10,12-13H2,1-2H3. The summed E-state index contributed by atoms with van der Waals surface area (Å²) in [6.07, 6.45) is 4.14. The molecule has 1 saturated carbocycles. The summed E-state index contributed by atoms with van der Waals surface area (Å²) in [5, 5.41) is 5.08. The Morgan fingerprint density at radius 2 is 1.93 bits per heavy atom. The average Bonchev–Trinajstić information content (AvgIpc) is 3.53. The topological polar surface area (TPSA) is 67.5 Å². The van der Waals surface area contributed by atoms with Crippen LogP contribution >= 0.6 is 0 Å². The van der Waals surface area contributed by atoms with E-state index in [1.54, 1.807) is 6.33 Å². The second-order valence-electron chi connectivity index (χ2n) is 8.20. The quantitative estimate of drug-likeness (QED) is 0.636. The summed E-state index contributed by atoms with van der Waals surface area (Å²) in [6, 6.07) is 6.41. The zero-order valence-corrected chi connectivity index (χ0v) is 17.1. The SMILES string of the molecule is Cc1noc(C)c1CN1CCN(c2ccc3ncnc(OCC4CC4)c3c2)CC1. The molecule has 2 aliphatic rings. The molecule has 1 aliphatic heterocycles. The average molecular weight is 393 g/mol. The highest BCUT2D eigenvalue weighted by molar-refractivity contribution is 5.86. The lowest BCUT2D eigenvalue weighted by molar-refractivity contribution is 0.248. The van der Waals surface area contributed by atoms with E-state index in [0.29, 0.717) is 11.8 Å². The molecule has 0 radical (unpaired) electrons. The van der Waals surface area contributed by atoms with Gasteiger partial charge in [-0.05, 0) is 50.8 Å². The number of benzene rings is 1. The normalized spacial score (nSPS) is 17.8. The fourth-order valence-electron chi connectivity index (χ4n) is 3.93. The van der Waals surface area contributed by atoms with Crippen LogP contribution in [0.25, 0.3) is 10.9 Å². The fourth-order valence-corrected chi connectivity index (χ4v) is 3.93. The van der Waals surface area contributed by atoms with Crippen LogP contribution < -0.4 is 9.64 Å². The lowest BCUT2D eigenvalue weighted by Gasteiger charge is -2.36. The number of ether oxygens (including phenoxy) is 1. The van der Waals surface area contributed by atoms with Gasteiger partial charge in [-0.15, -0.1) is 0 Å². The Balaban J connectivity index is 1.28. The molecule has 3 aromatic rings. The van der Waals surface area contributed by atoms with Gasteiger partial charge in [-0.25, -0.2) is 9.97 Å². The highest BCUT2D eigenvalue weighted by Crippen LogP contribution is 2.32. The van der Waals surface area contributed by atoms with Crippen molar-refractivity contribution in [2.45, 2.75) is 33.2 Å². The van der Waals surface area contributed by atoms with Crippen LogP contribution in [0.3, 0.4) is 0 Å². The van der Waals surface area contributed by atoms with Crippen LogP contribution in [-0.4, -0.2) is 52.8 Å². The first-order valence-electron chi connectivity index (χ1n) is 10.4. The van der Waals surface area contributed by atoms with Crippen LogP contribution in [0.5, 0.6) is 5.88 Å². The van der Waals surface area contributed by atoms with Crippen molar-refractivity contribution in [2.75, 3.05) is 37.7 Å². The monoisotopic (exact) mass is 393 g/mol. The third kappa shape index (κ3) is 3.92. The minimum Gasteiger partial charge on any atom is -0.477 e. The molecule has 0 bridgehead atoms. The number of anilines is 1. The van der Waals surface area contributed by atoms with Crippen molar-refractivity contribution in [1.29, 1.82) is 0 Å². The van der Waals surface area contributed by atoms with E-state index in [9.17, 15) is 0 Å². The third-order valence-corrected chi connectivity index (χ3v) is 6.04. The van der Waals surface area contributed by atoms with Crippen molar-refractivity contribution in [1.82, 2.24) is 20.0 Å². The second-order valence-corrected chi connectivity index (χ2v) is 8.20. The van der Waals surface area contributed by atoms with Gasteiger partial charge in [0.2, 0.25) is 5.88 Å². The van der Waals surface area contributed by atoms with E-state index in [4.69, 9.17) is 9.26 Å². The number of aromatic nitrogens is 3. The predicted molar refractivity (Wildman–Crippen MR) is 111 cm³/mol. The Labute approximate surface area is 170 Å². The van der Waals surface area contributed by atoms with Gasteiger partial charge in [-0.3, -0.25) is 4.90 Å². The maximum absolute atomic E-state index is 5.99. The Kier molecular flexibility index (Phi) is 4.83. The molecule has 2 fully saturated rings. The molecule has 1 aliphatic carbocycles. The summed E-state index contributed by atoms with van der Waals surface area (Å²) in [6.45, 7) is 9.67. The third-order valence-electron chi connectivity index (χ3n) is 6.04. The first-order valence-corrected chi connectivity index (χ1v) is 10.4. The first-order chi connectivity index (χ1) is 14.2. The highest BCUT2D eigenvalue weighted by atomic mass is 16.5. The van der Waals surface area contributed by atoms with E-state index in [1.165, 1.54) is 24.1 Å². The first kappa shape index (κ1) is 18.4. The molecule has 152 valence electrons. The van der Waals surface area contributed by atoms with Gasteiger partial charge in [-0.1, -0.05) is 5.16 Å². The summed E-state index contributed by atoms with van der Waals surface area (Å²) in [7, 11) is 0. The van der Waals surface area contributed by atoms with Gasteiger partial charge in [0.15, 0.2) is 0 Å². The molecular weight excluding hydrogens is 366 g/mol. The summed E-state index contributed by atoms with van der Waals surface area (Å²) in [4.78, 5) is 13.7. The maximum atomic E-state index is 5.99. The van der Waals surface area contributed by atoms with Gasteiger partial charge < -0.3 is 14.2 Å². The number of rotatable bonds is 6. The van der Waals surface area contributed by atoms with E-state index in [-0.39, 0.29) is 0 Å². The molecule has 1 saturated heterocycles. The lowest BCUT2D eigenvalue weighted by Crippen LogP contribution is -2.46. The van der Waals surface area contributed by atoms with Crippen molar-refractivity contribution in [3.63, 3.8) is 0 Å². The molecular formula is C22H27N5O2. The molecule has 2 aromatic heterocycles. The van der Waals surface area contributed by atoms with Crippen molar-refractivity contribution >= 4 is 16.6 Å². The summed E-state index contributed by atoms with van der Waals surface area (Å²) >= 11 is 0. The molecule has 0 atom stereocenters. The van der Waals surface area contributed by atoms with E-state index >= 15 is 0 Å². The zero-order chi connectivity index (χ0) is 19.8. The van der Waals surface area contributed by atoms with Gasteiger partial charge in [-0.2, -0.15) is 0 Å². The number of piperazine rings is 1. The molecule has 3 heterocycles. The van der Waals surface area contributed by atoms with Crippen molar-refractivity contribution in [2.24, 2.45) is 5.92 Å². The van der Waals surface area contributed by atoms with E-state index in [1.807, 2.05) is 13.8 Å². The molecule has 7 heteroatoms. The molecule has 5 rings (SSSR count). The van der Waals surface area contributed by atoms with Gasteiger partial charge in [0.05, 0.1) is 23.2 Å². The largest absolute Gasteiger partial charge is 0.477 e. The minimum absolute atomic E-state index is 0.703. The Hall–Kier alpha value is -2.67. The van der Waals surface area contributed by atoms with E-state index in [0.717, 1.165) is 61.7 Å². The molecule has 0 N–H and O–H groups in total. The van der Waals surface area contributed by atoms with Gasteiger partial charge in [0.25, 0.3) is 0 Å². The van der Waals surface area contributed by atoms with Crippen LogP contribution in [0.4, 0.5) is 5.69 Å². The van der Waals surface area contributed by atoms with Crippen LogP contribution in [0.2, 0.25) is 0 Å². The Morgan fingerprint density at radius 1 is 1.10 bits per heavy atom. The molecule has 0 unspecified atom stereocenters. The number of hydrogen-bond acceptors (Lipinski definition) is 7. The van der Waals surface area contributed by atoms with Crippen LogP contribution in [-0.2, 0) is 6.54 Å². The Bertz CT molecular complexity index is 986. The minimum atomic E-state index is 0.703. The maximum Gasteiger partial charge on any atom is 0.224 e. The smallest absolute Gasteiger partial charge is 0.224 e. The number of nitrogens with zero attached hydrogens (tertiary/aromatic N) is 5. The van der Waals surface area contributed by atoms with Crippen molar-refractivity contribution in [3.05, 3.63) is 41.5 Å². The van der Waals surface area contributed by atoms with Crippen LogP contribution in [0.1, 0.15) is 29.9 Å². The fraction of sp³-hybridized carbons (Fsp3) is 0.500. The molecule has 29 heavy (non-hydrogen) atoms. The van der Waals surface area contributed by atoms with Crippen molar-refractivity contribution < 1.29 is 9.26 Å². The molecule has 1 aromatic carbocycles. The lowest BCUT2D eigenvalue weighted by atomic mass is 10.1. The second kappa shape index (κ2) is 7.63.